The van der Waals surface area contributed by atoms with Gasteiger partial charge in [-0.25, -0.2) is 0 Å². The fraction of sp³-hybridized carbons (Fsp3) is 0.241. The molecule has 4 aromatic rings. The van der Waals surface area contributed by atoms with Crippen LogP contribution in [-0.2, 0) is 6.54 Å². The van der Waals surface area contributed by atoms with Crippen molar-refractivity contribution >= 4 is 23.0 Å². The average molecular weight is 544 g/mol. The van der Waals surface area contributed by atoms with E-state index in [-0.39, 0.29) is 17.8 Å². The Labute approximate surface area is 232 Å². The highest BCUT2D eigenvalue weighted by molar-refractivity contribution is 7.80. The van der Waals surface area contributed by atoms with E-state index >= 15 is 0 Å². The lowest BCUT2D eigenvalue weighted by molar-refractivity contribution is -0.384. The number of ether oxygens (including phenoxy) is 2. The van der Waals surface area contributed by atoms with E-state index in [1.165, 1.54) is 19.2 Å². The third kappa shape index (κ3) is 4.90. The first-order valence-electron chi connectivity index (χ1n) is 12.4. The molecule has 200 valence electrons. The number of rotatable bonds is 8. The molecule has 5 rings (SSSR count). The van der Waals surface area contributed by atoms with Gasteiger partial charge in [-0.2, -0.15) is 0 Å². The third-order valence-electron chi connectivity index (χ3n) is 7.11. The Hall–Kier alpha value is -4.44. The van der Waals surface area contributed by atoms with Crippen molar-refractivity contribution in [1.82, 2.24) is 19.8 Å². The monoisotopic (exact) mass is 543 g/mol. The van der Waals surface area contributed by atoms with E-state index in [0.717, 1.165) is 39.6 Å². The van der Waals surface area contributed by atoms with Crippen LogP contribution in [0.25, 0.3) is 5.69 Å². The van der Waals surface area contributed by atoms with Gasteiger partial charge >= 0.3 is 0 Å². The van der Waals surface area contributed by atoms with Gasteiger partial charge in [-0.15, -0.1) is 0 Å². The summed E-state index contributed by atoms with van der Waals surface area (Å²) in [6, 6.07) is 20.3. The molecule has 2 aromatic carbocycles. The van der Waals surface area contributed by atoms with Crippen LogP contribution >= 0.6 is 12.2 Å². The zero-order valence-electron chi connectivity index (χ0n) is 22.1. The van der Waals surface area contributed by atoms with E-state index in [1.807, 2.05) is 56.3 Å². The Morgan fingerprint density at radius 3 is 2.46 bits per heavy atom. The molecule has 1 N–H and O–H groups in total. The predicted molar refractivity (Wildman–Crippen MR) is 152 cm³/mol. The van der Waals surface area contributed by atoms with Gasteiger partial charge in [0.25, 0.3) is 5.69 Å². The molecule has 1 aliphatic rings. The Morgan fingerprint density at radius 1 is 1.05 bits per heavy atom. The lowest BCUT2D eigenvalue weighted by Gasteiger charge is -2.28. The summed E-state index contributed by atoms with van der Waals surface area (Å²) < 4.78 is 13.0. The summed E-state index contributed by atoms with van der Waals surface area (Å²) in [4.78, 5) is 17.8. The normalized spacial score (nSPS) is 16.7. The van der Waals surface area contributed by atoms with Crippen molar-refractivity contribution in [3.8, 4) is 17.2 Å². The van der Waals surface area contributed by atoms with E-state index in [9.17, 15) is 10.1 Å². The van der Waals surface area contributed by atoms with Gasteiger partial charge in [0.15, 0.2) is 5.11 Å². The second-order valence-electron chi connectivity index (χ2n) is 9.38. The molecule has 1 saturated heterocycles. The first-order chi connectivity index (χ1) is 18.8. The second kappa shape index (κ2) is 10.7. The maximum atomic E-state index is 11.4. The van der Waals surface area contributed by atoms with Crippen LogP contribution in [0, 0.1) is 24.0 Å². The van der Waals surface area contributed by atoms with Gasteiger partial charge in [-0.1, -0.05) is 18.2 Å². The molecule has 0 amide bonds. The molecule has 0 radical (unpaired) electrons. The Bertz CT molecular complexity index is 1520. The van der Waals surface area contributed by atoms with E-state index in [4.69, 9.17) is 21.7 Å². The summed E-state index contributed by atoms with van der Waals surface area (Å²) in [6.07, 6.45) is 1.79. The third-order valence-corrected chi connectivity index (χ3v) is 7.47. The van der Waals surface area contributed by atoms with Crippen LogP contribution in [0.4, 0.5) is 5.69 Å². The second-order valence-corrected chi connectivity index (χ2v) is 9.76. The maximum Gasteiger partial charge on any atom is 0.273 e. The molecule has 2 atom stereocenters. The number of nitro benzene ring substituents is 1. The number of hydrogen-bond acceptors (Lipinski definition) is 6. The number of nitrogens with zero attached hydrogens (tertiary/aromatic N) is 4. The molecule has 1 fully saturated rings. The Kier molecular flexibility index (Phi) is 7.21. The number of aromatic nitrogens is 2. The molecular formula is C29H29N5O4S. The summed E-state index contributed by atoms with van der Waals surface area (Å²) in [6.45, 7) is 4.65. The molecular weight excluding hydrogens is 514 g/mol. The van der Waals surface area contributed by atoms with Gasteiger partial charge in [-0.3, -0.25) is 15.1 Å². The molecule has 9 nitrogen and oxygen atoms in total. The van der Waals surface area contributed by atoms with E-state index in [1.54, 1.807) is 19.4 Å². The maximum absolute atomic E-state index is 11.4. The van der Waals surface area contributed by atoms with Gasteiger partial charge in [0, 0.05) is 30.2 Å². The van der Waals surface area contributed by atoms with E-state index in [0.29, 0.717) is 17.4 Å². The number of non-ortho nitro benzene ring substituents is 1. The van der Waals surface area contributed by atoms with Gasteiger partial charge < -0.3 is 24.3 Å². The smallest absolute Gasteiger partial charge is 0.273 e. The molecule has 10 heteroatoms. The highest BCUT2D eigenvalue weighted by atomic mass is 32.1. The van der Waals surface area contributed by atoms with Crippen molar-refractivity contribution in [3.63, 3.8) is 0 Å². The van der Waals surface area contributed by atoms with Crippen LogP contribution < -0.4 is 14.8 Å². The van der Waals surface area contributed by atoms with Gasteiger partial charge in [0.05, 0.1) is 48.7 Å². The first-order valence-corrected chi connectivity index (χ1v) is 12.9. The fourth-order valence-electron chi connectivity index (χ4n) is 5.26. The van der Waals surface area contributed by atoms with E-state index in [2.05, 4.69) is 25.8 Å². The summed E-state index contributed by atoms with van der Waals surface area (Å²) in [5.74, 6) is 1.22. The van der Waals surface area contributed by atoms with Gasteiger partial charge in [-0.05, 0) is 73.6 Å². The summed E-state index contributed by atoms with van der Waals surface area (Å²) in [5, 5.41) is 15.5. The van der Waals surface area contributed by atoms with Crippen molar-refractivity contribution < 1.29 is 14.4 Å². The van der Waals surface area contributed by atoms with Crippen molar-refractivity contribution in [3.05, 3.63) is 111 Å². The van der Waals surface area contributed by atoms with Crippen molar-refractivity contribution in [1.29, 1.82) is 0 Å². The summed E-state index contributed by atoms with van der Waals surface area (Å²) in [5.41, 5.74) is 5.72. The zero-order valence-corrected chi connectivity index (χ0v) is 22.9. The highest BCUT2D eigenvalue weighted by Crippen LogP contribution is 2.43. The molecule has 0 bridgehead atoms. The highest BCUT2D eigenvalue weighted by Gasteiger charge is 2.41. The summed E-state index contributed by atoms with van der Waals surface area (Å²) >= 11 is 5.87. The lowest BCUT2D eigenvalue weighted by atomic mass is 9.96. The van der Waals surface area contributed by atoms with Crippen LogP contribution in [0.3, 0.4) is 0 Å². The fourth-order valence-corrected chi connectivity index (χ4v) is 5.57. The zero-order chi connectivity index (χ0) is 27.7. The lowest BCUT2D eigenvalue weighted by Crippen LogP contribution is -2.29. The van der Waals surface area contributed by atoms with Crippen LogP contribution in [0.1, 0.15) is 40.3 Å². The molecule has 2 aromatic heterocycles. The quantitative estimate of drug-likeness (QED) is 0.175. The number of nitrogens with one attached hydrogen (secondary N) is 1. The first kappa shape index (κ1) is 26.2. The Balaban J connectivity index is 1.61. The largest absolute Gasteiger partial charge is 0.497 e. The number of nitro groups is 1. The van der Waals surface area contributed by atoms with Gasteiger partial charge in [0.1, 0.15) is 11.5 Å². The minimum atomic E-state index is -0.424. The number of pyridine rings is 1. The molecule has 0 spiro atoms. The number of hydrogen-bond donors (Lipinski definition) is 1. The number of thiocarbonyl (C=S) groups is 1. The minimum absolute atomic E-state index is 0.0236. The molecule has 39 heavy (non-hydrogen) atoms. The molecule has 0 aliphatic carbocycles. The average Bonchev–Trinajstić information content (AvgIpc) is 3.43. The van der Waals surface area contributed by atoms with Crippen LogP contribution in [0.5, 0.6) is 11.5 Å². The van der Waals surface area contributed by atoms with Crippen LogP contribution in [0.15, 0.2) is 72.9 Å². The molecule has 3 heterocycles. The predicted octanol–water partition coefficient (Wildman–Crippen LogP) is 5.59. The van der Waals surface area contributed by atoms with Crippen LogP contribution in [-0.4, -0.2) is 38.7 Å². The Morgan fingerprint density at radius 2 is 1.82 bits per heavy atom. The number of benzene rings is 2. The topological polar surface area (TPSA) is 94.7 Å². The van der Waals surface area contributed by atoms with Crippen molar-refractivity contribution in [2.24, 2.45) is 0 Å². The summed E-state index contributed by atoms with van der Waals surface area (Å²) in [7, 11) is 3.17. The van der Waals surface area contributed by atoms with Gasteiger partial charge in [0.2, 0.25) is 0 Å². The standard InChI is InChI=1S/C29H29N5O4S/c1-18-15-23(19(2)33(18)25-13-10-21(34(35)36)16-26(25)38-4)28-27(24-7-5-6-14-30-24)31-29(39)32(28)17-20-8-11-22(37-3)12-9-20/h5-16,27-28H,17H2,1-4H3,(H,31,39)/t27-,28-/m0/s1. The molecule has 0 saturated carbocycles. The van der Waals surface area contributed by atoms with Crippen molar-refractivity contribution in [2.75, 3.05) is 14.2 Å². The molecule has 1 aliphatic heterocycles. The van der Waals surface area contributed by atoms with Crippen molar-refractivity contribution in [2.45, 2.75) is 32.5 Å². The SMILES string of the molecule is COc1ccc(CN2C(=S)N[C@@H](c3ccccn3)[C@@H]2c2cc(C)n(-c3ccc([N+](=O)[O-])cc3OC)c2C)cc1. The minimum Gasteiger partial charge on any atom is -0.497 e. The number of aryl methyl sites for hydroxylation is 1. The van der Waals surface area contributed by atoms with E-state index < -0.39 is 4.92 Å². The molecule has 0 unspecified atom stereocenters. The van der Waals surface area contributed by atoms with Crippen LogP contribution in [0.2, 0.25) is 0 Å². The number of methoxy groups -OCH3 is 2.